The third-order valence-corrected chi connectivity index (χ3v) is 7.96. The van der Waals surface area contributed by atoms with Crippen LogP contribution in [0.15, 0.2) is 85.1 Å². The molecule has 1 atom stereocenters. The summed E-state index contributed by atoms with van der Waals surface area (Å²) in [5.74, 6) is 0. The Hall–Kier alpha value is -3.04. The molecule has 1 spiro atoms. The van der Waals surface area contributed by atoms with Crippen LogP contribution in [0.5, 0.6) is 0 Å². The Bertz CT molecular complexity index is 1220. The Morgan fingerprint density at radius 1 is 0.938 bits per heavy atom. The van der Waals surface area contributed by atoms with Crippen LogP contribution in [-0.4, -0.2) is 18.1 Å². The molecule has 1 aromatic heterocycles. The third-order valence-electron chi connectivity index (χ3n) is 7.96. The largest absolute Gasteiger partial charge is 0.364 e. The van der Waals surface area contributed by atoms with E-state index in [0.29, 0.717) is 12.1 Å². The van der Waals surface area contributed by atoms with Gasteiger partial charge in [-0.1, -0.05) is 66.7 Å². The number of rotatable bonds is 5. The van der Waals surface area contributed by atoms with Gasteiger partial charge in [-0.25, -0.2) is 0 Å². The number of fused-ring (bicyclic) bond motifs is 3. The number of para-hydroxylation sites is 2. The summed E-state index contributed by atoms with van der Waals surface area (Å²) >= 11 is 0. The highest BCUT2D eigenvalue weighted by Crippen LogP contribution is 2.54. The van der Waals surface area contributed by atoms with Gasteiger partial charge < -0.3 is 15.2 Å². The second kappa shape index (κ2) is 7.83. The highest BCUT2D eigenvalue weighted by molar-refractivity contribution is 5.83. The third kappa shape index (κ3) is 3.15. The van der Waals surface area contributed by atoms with Crippen LogP contribution in [0.3, 0.4) is 0 Å². The molecule has 32 heavy (non-hydrogen) atoms. The van der Waals surface area contributed by atoms with Gasteiger partial charge in [0.2, 0.25) is 0 Å². The van der Waals surface area contributed by atoms with Crippen molar-refractivity contribution in [1.82, 2.24) is 10.3 Å². The molecule has 0 saturated heterocycles. The van der Waals surface area contributed by atoms with Crippen molar-refractivity contribution in [1.29, 1.82) is 0 Å². The minimum Gasteiger partial charge on any atom is -0.364 e. The van der Waals surface area contributed by atoms with Gasteiger partial charge in [0.15, 0.2) is 0 Å². The molecule has 3 heteroatoms. The van der Waals surface area contributed by atoms with Gasteiger partial charge in [-0.15, -0.1) is 0 Å². The first-order chi connectivity index (χ1) is 15.7. The van der Waals surface area contributed by atoms with E-state index in [1.807, 2.05) is 0 Å². The number of nitrogens with zero attached hydrogens (tertiary/aromatic N) is 1. The molecule has 2 aliphatic rings. The molecule has 3 aromatic carbocycles. The predicted octanol–water partition coefficient (Wildman–Crippen LogP) is 6.33. The molecular weight excluding hydrogens is 390 g/mol. The SMILES string of the molecule is CN1c2ccccc2C12CCC(NC(Cc1c[nH]c3ccccc13)c1ccccc1)CC2. The number of hydrogen-bond acceptors (Lipinski definition) is 2. The lowest BCUT2D eigenvalue weighted by Crippen LogP contribution is -2.56. The van der Waals surface area contributed by atoms with Crippen molar-refractivity contribution in [2.75, 3.05) is 11.9 Å². The summed E-state index contributed by atoms with van der Waals surface area (Å²) in [4.78, 5) is 5.98. The van der Waals surface area contributed by atoms with E-state index in [0.717, 1.165) is 6.42 Å². The lowest BCUT2D eigenvalue weighted by atomic mass is 9.68. The zero-order chi connectivity index (χ0) is 21.5. The number of aromatic amines is 1. The van der Waals surface area contributed by atoms with Crippen LogP contribution in [0.4, 0.5) is 5.69 Å². The van der Waals surface area contributed by atoms with Gasteiger partial charge in [-0.3, -0.25) is 0 Å². The molecule has 1 aliphatic heterocycles. The summed E-state index contributed by atoms with van der Waals surface area (Å²) in [6.45, 7) is 0. The highest BCUT2D eigenvalue weighted by atomic mass is 15.2. The van der Waals surface area contributed by atoms with Crippen LogP contribution in [0.2, 0.25) is 0 Å². The molecule has 0 radical (unpaired) electrons. The summed E-state index contributed by atoms with van der Waals surface area (Å²) in [7, 11) is 2.28. The van der Waals surface area contributed by atoms with Crippen molar-refractivity contribution in [2.24, 2.45) is 0 Å². The summed E-state index contributed by atoms with van der Waals surface area (Å²) < 4.78 is 0. The first-order valence-electron chi connectivity index (χ1n) is 11.9. The van der Waals surface area contributed by atoms with Crippen LogP contribution >= 0.6 is 0 Å². The van der Waals surface area contributed by atoms with Gasteiger partial charge in [0.05, 0.1) is 5.54 Å². The Balaban J connectivity index is 1.21. The van der Waals surface area contributed by atoms with Gasteiger partial charge in [0.25, 0.3) is 0 Å². The van der Waals surface area contributed by atoms with Crippen LogP contribution in [0.25, 0.3) is 10.9 Å². The van der Waals surface area contributed by atoms with Crippen molar-refractivity contribution in [2.45, 2.75) is 49.7 Å². The van der Waals surface area contributed by atoms with E-state index in [2.05, 4.69) is 107 Å². The van der Waals surface area contributed by atoms with Gasteiger partial charge in [-0.05, 0) is 55.4 Å². The molecule has 0 amide bonds. The fourth-order valence-corrected chi connectivity index (χ4v) is 6.15. The van der Waals surface area contributed by atoms with E-state index in [-0.39, 0.29) is 5.54 Å². The highest BCUT2D eigenvalue weighted by Gasteiger charge is 2.48. The molecule has 2 heterocycles. The van der Waals surface area contributed by atoms with Crippen LogP contribution in [-0.2, 0) is 12.0 Å². The van der Waals surface area contributed by atoms with Crippen LogP contribution in [0, 0.1) is 0 Å². The molecular formula is C29H31N3. The second-order valence-corrected chi connectivity index (χ2v) is 9.58. The van der Waals surface area contributed by atoms with Gasteiger partial charge in [0.1, 0.15) is 0 Å². The minimum atomic E-state index is 0.258. The maximum atomic E-state index is 4.07. The zero-order valence-electron chi connectivity index (χ0n) is 18.7. The fourth-order valence-electron chi connectivity index (χ4n) is 6.15. The van der Waals surface area contributed by atoms with E-state index in [9.17, 15) is 0 Å². The van der Waals surface area contributed by atoms with E-state index >= 15 is 0 Å². The summed E-state index contributed by atoms with van der Waals surface area (Å²) in [6, 6.07) is 29.4. The van der Waals surface area contributed by atoms with Crippen molar-refractivity contribution in [3.8, 4) is 0 Å². The zero-order valence-corrected chi connectivity index (χ0v) is 18.7. The first kappa shape index (κ1) is 19.6. The molecule has 1 aliphatic carbocycles. The molecule has 6 rings (SSSR count). The predicted molar refractivity (Wildman–Crippen MR) is 133 cm³/mol. The van der Waals surface area contributed by atoms with Crippen molar-refractivity contribution in [3.05, 3.63) is 102 Å². The molecule has 2 N–H and O–H groups in total. The van der Waals surface area contributed by atoms with Crippen molar-refractivity contribution >= 4 is 16.6 Å². The molecule has 0 bridgehead atoms. The maximum Gasteiger partial charge on any atom is 0.0671 e. The Morgan fingerprint density at radius 3 is 2.50 bits per heavy atom. The maximum absolute atomic E-state index is 4.07. The fraction of sp³-hybridized carbons (Fsp3) is 0.310. The lowest BCUT2D eigenvalue weighted by molar-refractivity contribution is 0.214. The average Bonchev–Trinajstić information content (AvgIpc) is 3.27. The molecule has 1 saturated carbocycles. The van der Waals surface area contributed by atoms with Crippen LogP contribution in [0.1, 0.15) is 48.4 Å². The summed E-state index contributed by atoms with van der Waals surface area (Å²) in [5, 5.41) is 5.41. The molecule has 162 valence electrons. The number of hydrogen-bond donors (Lipinski definition) is 2. The topological polar surface area (TPSA) is 31.1 Å². The summed E-state index contributed by atoms with van der Waals surface area (Å²) in [6.07, 6.45) is 8.09. The molecule has 1 unspecified atom stereocenters. The number of benzene rings is 3. The van der Waals surface area contributed by atoms with E-state index in [4.69, 9.17) is 0 Å². The van der Waals surface area contributed by atoms with Gasteiger partial charge >= 0.3 is 0 Å². The van der Waals surface area contributed by atoms with E-state index in [1.54, 1.807) is 5.56 Å². The number of aromatic nitrogens is 1. The normalized spacial score (nSPS) is 23.2. The number of H-pyrrole nitrogens is 1. The molecule has 3 nitrogen and oxygen atoms in total. The number of anilines is 1. The number of nitrogens with one attached hydrogen (secondary N) is 2. The second-order valence-electron chi connectivity index (χ2n) is 9.58. The van der Waals surface area contributed by atoms with Crippen LogP contribution < -0.4 is 10.2 Å². The first-order valence-corrected chi connectivity index (χ1v) is 11.9. The smallest absolute Gasteiger partial charge is 0.0671 e. The van der Waals surface area contributed by atoms with Gasteiger partial charge in [0, 0.05) is 47.5 Å². The Morgan fingerprint density at radius 2 is 1.66 bits per heavy atom. The summed E-state index contributed by atoms with van der Waals surface area (Å²) in [5.41, 5.74) is 7.22. The van der Waals surface area contributed by atoms with Crippen molar-refractivity contribution in [3.63, 3.8) is 0 Å². The van der Waals surface area contributed by atoms with E-state index < -0.39 is 0 Å². The Kier molecular flexibility index (Phi) is 4.80. The lowest BCUT2D eigenvalue weighted by Gasteiger charge is -2.57. The van der Waals surface area contributed by atoms with E-state index in [1.165, 1.54) is 53.4 Å². The molecule has 1 fully saturated rings. The monoisotopic (exact) mass is 421 g/mol. The van der Waals surface area contributed by atoms with Gasteiger partial charge in [-0.2, -0.15) is 0 Å². The molecule has 4 aromatic rings. The Labute approximate surface area is 190 Å². The minimum absolute atomic E-state index is 0.258. The van der Waals surface area contributed by atoms with Crippen molar-refractivity contribution < 1.29 is 0 Å². The standard InChI is InChI=1S/C29H31N3/c1-32-28-14-8-6-12-25(28)29(32)17-15-23(16-18-29)31-27(21-9-3-2-4-10-21)19-22-20-30-26-13-7-5-11-24(22)26/h2-14,20,23,27,30-31H,15-19H2,1H3. The average molecular weight is 422 g/mol. The quantitative estimate of drug-likeness (QED) is 0.394.